The lowest BCUT2D eigenvalue weighted by molar-refractivity contribution is 0.0990. The molecule has 1 heterocycles. The van der Waals surface area contributed by atoms with E-state index in [0.717, 1.165) is 0 Å². The zero-order valence-corrected chi connectivity index (χ0v) is 16.2. The molecule has 27 heavy (non-hydrogen) atoms. The van der Waals surface area contributed by atoms with Crippen molar-refractivity contribution in [2.75, 3.05) is 19.1 Å². The first-order valence-corrected chi connectivity index (χ1v) is 8.75. The van der Waals surface area contributed by atoms with Crippen LogP contribution in [-0.4, -0.2) is 25.0 Å². The summed E-state index contributed by atoms with van der Waals surface area (Å²) < 4.78 is 11.2. The number of aromatic nitrogens is 1. The van der Waals surface area contributed by atoms with Gasteiger partial charge in [0, 0.05) is 18.3 Å². The van der Waals surface area contributed by atoms with E-state index >= 15 is 0 Å². The summed E-state index contributed by atoms with van der Waals surface area (Å²) in [6.45, 7) is 0. The molecule has 3 aromatic rings. The van der Waals surface area contributed by atoms with E-state index in [0.29, 0.717) is 32.8 Å². The lowest BCUT2D eigenvalue weighted by Gasteiger charge is -2.21. The van der Waals surface area contributed by atoms with Crippen molar-refractivity contribution in [3.63, 3.8) is 0 Å². The summed E-state index contributed by atoms with van der Waals surface area (Å²) in [5.41, 5.74) is 0.974. The van der Waals surface area contributed by atoms with Crippen LogP contribution in [0, 0.1) is 0 Å². The molecule has 0 aliphatic heterocycles. The highest BCUT2D eigenvalue weighted by Crippen LogP contribution is 2.34. The lowest BCUT2D eigenvalue weighted by Crippen LogP contribution is -2.27. The Morgan fingerprint density at radius 2 is 1.81 bits per heavy atom. The number of anilines is 1. The van der Waals surface area contributed by atoms with Gasteiger partial charge in [-0.05, 0) is 36.4 Å². The zero-order valence-electron chi connectivity index (χ0n) is 14.6. The molecule has 0 N–H and O–H groups in total. The van der Waals surface area contributed by atoms with Gasteiger partial charge in [0.15, 0.2) is 5.75 Å². The number of para-hydroxylation sites is 2. The molecule has 0 aliphatic rings. The molecule has 0 saturated heterocycles. The van der Waals surface area contributed by atoms with Gasteiger partial charge in [-0.3, -0.25) is 9.78 Å². The largest absolute Gasteiger partial charge is 0.495 e. The third-order valence-corrected chi connectivity index (χ3v) is 4.41. The molecule has 0 unspecified atom stereocenters. The lowest BCUT2D eigenvalue weighted by atomic mass is 10.2. The molecule has 3 rings (SSSR count). The van der Waals surface area contributed by atoms with Crippen molar-refractivity contribution in [2.45, 2.75) is 0 Å². The number of halogens is 2. The molecular weight excluding hydrogens is 387 g/mol. The maximum absolute atomic E-state index is 13.1. The normalized spacial score (nSPS) is 10.4. The summed E-state index contributed by atoms with van der Waals surface area (Å²) in [6, 6.07) is 13.7. The highest BCUT2D eigenvalue weighted by molar-refractivity contribution is 6.35. The van der Waals surface area contributed by atoms with Gasteiger partial charge in [-0.2, -0.15) is 0 Å². The number of carbonyl (C=O) groups is 1. The van der Waals surface area contributed by atoms with Crippen LogP contribution in [0.25, 0.3) is 0 Å². The van der Waals surface area contributed by atoms with Crippen LogP contribution in [0.5, 0.6) is 17.2 Å². The molecule has 0 saturated carbocycles. The summed E-state index contributed by atoms with van der Waals surface area (Å²) in [6.07, 6.45) is 2.99. The first kappa shape index (κ1) is 19.0. The minimum Gasteiger partial charge on any atom is -0.495 e. The highest BCUT2D eigenvalue weighted by atomic mass is 35.5. The van der Waals surface area contributed by atoms with Crippen molar-refractivity contribution in [3.05, 3.63) is 76.5 Å². The van der Waals surface area contributed by atoms with Crippen molar-refractivity contribution in [1.82, 2.24) is 4.98 Å². The second kappa shape index (κ2) is 8.29. The average Bonchev–Trinajstić information content (AvgIpc) is 2.69. The van der Waals surface area contributed by atoms with E-state index in [1.54, 1.807) is 50.6 Å². The minimum absolute atomic E-state index is 0.276. The molecule has 1 aromatic heterocycles. The van der Waals surface area contributed by atoms with Crippen LogP contribution in [-0.2, 0) is 0 Å². The summed E-state index contributed by atoms with van der Waals surface area (Å²) in [7, 11) is 3.22. The number of rotatable bonds is 5. The van der Waals surface area contributed by atoms with Gasteiger partial charge in [0.1, 0.15) is 11.5 Å². The number of ether oxygens (including phenoxy) is 2. The number of hydrogen-bond acceptors (Lipinski definition) is 4. The van der Waals surface area contributed by atoms with E-state index in [2.05, 4.69) is 4.98 Å². The van der Waals surface area contributed by atoms with E-state index in [1.807, 2.05) is 12.1 Å². The summed E-state index contributed by atoms with van der Waals surface area (Å²) >= 11 is 12.1. The maximum Gasteiger partial charge on any atom is 0.262 e. The fraction of sp³-hybridized carbons (Fsp3) is 0.100. The molecule has 138 valence electrons. The number of nitrogens with zero attached hydrogens (tertiary/aromatic N) is 2. The molecule has 1 amide bonds. The van der Waals surface area contributed by atoms with Gasteiger partial charge < -0.3 is 14.4 Å². The standard InChI is InChI=1S/C20H16Cl2N2O3/c1-24(16-5-3-4-6-18(16)26-2)20(25)14-9-10-23-12-19(14)27-17-8-7-13(21)11-15(17)22/h3-12H,1-2H3. The van der Waals surface area contributed by atoms with Crippen LogP contribution >= 0.6 is 23.2 Å². The van der Waals surface area contributed by atoms with Gasteiger partial charge in [-0.15, -0.1) is 0 Å². The predicted molar refractivity (Wildman–Crippen MR) is 107 cm³/mol. The average molecular weight is 403 g/mol. The molecule has 0 spiro atoms. The number of amides is 1. The molecule has 0 atom stereocenters. The number of benzene rings is 2. The Kier molecular flexibility index (Phi) is 5.84. The molecule has 0 aliphatic carbocycles. The number of hydrogen-bond donors (Lipinski definition) is 0. The predicted octanol–water partition coefficient (Wildman–Crippen LogP) is 5.47. The minimum atomic E-state index is -0.276. The Morgan fingerprint density at radius 1 is 1.04 bits per heavy atom. The molecule has 0 radical (unpaired) electrons. The number of methoxy groups -OCH3 is 1. The fourth-order valence-electron chi connectivity index (χ4n) is 2.51. The van der Waals surface area contributed by atoms with Gasteiger partial charge in [0.2, 0.25) is 0 Å². The van der Waals surface area contributed by atoms with E-state index < -0.39 is 0 Å². The van der Waals surface area contributed by atoms with E-state index in [1.165, 1.54) is 17.3 Å². The molecule has 5 nitrogen and oxygen atoms in total. The van der Waals surface area contributed by atoms with Crippen LogP contribution in [0.2, 0.25) is 10.0 Å². The summed E-state index contributed by atoms with van der Waals surface area (Å²) in [5.74, 6) is 0.976. The van der Waals surface area contributed by atoms with E-state index in [9.17, 15) is 4.79 Å². The highest BCUT2D eigenvalue weighted by Gasteiger charge is 2.21. The van der Waals surface area contributed by atoms with Crippen LogP contribution in [0.15, 0.2) is 60.9 Å². The van der Waals surface area contributed by atoms with Gasteiger partial charge in [0.25, 0.3) is 5.91 Å². The first-order valence-electron chi connectivity index (χ1n) is 7.99. The van der Waals surface area contributed by atoms with Crippen molar-refractivity contribution in [1.29, 1.82) is 0 Å². The van der Waals surface area contributed by atoms with Crippen LogP contribution in [0.4, 0.5) is 5.69 Å². The van der Waals surface area contributed by atoms with E-state index in [-0.39, 0.29) is 11.7 Å². The second-order valence-corrected chi connectivity index (χ2v) is 6.43. The van der Waals surface area contributed by atoms with Gasteiger partial charge in [-0.25, -0.2) is 0 Å². The third-order valence-electron chi connectivity index (χ3n) is 3.88. The van der Waals surface area contributed by atoms with Crippen LogP contribution in [0.3, 0.4) is 0 Å². The molecule has 0 fully saturated rings. The van der Waals surface area contributed by atoms with Crippen molar-refractivity contribution in [3.8, 4) is 17.2 Å². The molecule has 7 heteroatoms. The van der Waals surface area contributed by atoms with Crippen molar-refractivity contribution < 1.29 is 14.3 Å². The quantitative estimate of drug-likeness (QED) is 0.567. The second-order valence-electron chi connectivity index (χ2n) is 5.58. The number of pyridine rings is 1. The Labute approximate surface area is 167 Å². The Balaban J connectivity index is 1.94. The van der Waals surface area contributed by atoms with E-state index in [4.69, 9.17) is 32.7 Å². The zero-order chi connectivity index (χ0) is 19.4. The van der Waals surface area contributed by atoms with Crippen LogP contribution in [0.1, 0.15) is 10.4 Å². The molecule has 2 aromatic carbocycles. The van der Waals surface area contributed by atoms with Crippen LogP contribution < -0.4 is 14.4 Å². The SMILES string of the molecule is COc1ccccc1N(C)C(=O)c1ccncc1Oc1ccc(Cl)cc1Cl. The topological polar surface area (TPSA) is 51.7 Å². The summed E-state index contributed by atoms with van der Waals surface area (Å²) in [5, 5.41) is 0.827. The Hall–Kier alpha value is -2.76. The first-order chi connectivity index (χ1) is 13.0. The maximum atomic E-state index is 13.1. The molecular formula is C20H16Cl2N2O3. The smallest absolute Gasteiger partial charge is 0.262 e. The van der Waals surface area contributed by atoms with Crippen molar-refractivity contribution >= 4 is 34.8 Å². The Morgan fingerprint density at radius 3 is 2.56 bits per heavy atom. The summed E-state index contributed by atoms with van der Waals surface area (Å²) in [4.78, 5) is 18.6. The van der Waals surface area contributed by atoms with Crippen molar-refractivity contribution in [2.24, 2.45) is 0 Å². The fourth-order valence-corrected chi connectivity index (χ4v) is 2.96. The number of carbonyl (C=O) groups excluding carboxylic acids is 1. The Bertz CT molecular complexity index is 979. The van der Waals surface area contributed by atoms with Gasteiger partial charge >= 0.3 is 0 Å². The monoisotopic (exact) mass is 402 g/mol. The molecule has 0 bridgehead atoms. The van der Waals surface area contributed by atoms with Gasteiger partial charge in [0.05, 0.1) is 29.6 Å². The van der Waals surface area contributed by atoms with Gasteiger partial charge in [-0.1, -0.05) is 35.3 Å². The third kappa shape index (κ3) is 4.15.